The predicted molar refractivity (Wildman–Crippen MR) is 80.5 cm³/mol. The van der Waals surface area contributed by atoms with Gasteiger partial charge in [-0.1, -0.05) is 30.3 Å². The molecule has 0 aliphatic heterocycles. The van der Waals surface area contributed by atoms with Crippen molar-refractivity contribution in [2.75, 3.05) is 12.3 Å². The molecule has 1 aromatic carbocycles. The molecule has 0 fully saturated rings. The number of aryl methyl sites for hydroxylation is 1. The van der Waals surface area contributed by atoms with Crippen molar-refractivity contribution in [1.29, 1.82) is 0 Å². The van der Waals surface area contributed by atoms with Crippen LogP contribution in [0, 0.1) is 13.8 Å². The Labute approximate surface area is 123 Å². The van der Waals surface area contributed by atoms with Crippen LogP contribution in [-0.4, -0.2) is 27.3 Å². The molecule has 0 saturated carbocycles. The first-order valence-corrected chi connectivity index (χ1v) is 6.78. The van der Waals surface area contributed by atoms with Gasteiger partial charge >= 0.3 is 0 Å². The van der Waals surface area contributed by atoms with E-state index < -0.39 is 6.10 Å². The van der Waals surface area contributed by atoms with Gasteiger partial charge in [0.05, 0.1) is 23.2 Å². The van der Waals surface area contributed by atoms with Crippen LogP contribution in [0.3, 0.4) is 0 Å². The number of hydrogen-bond acceptors (Lipinski definition) is 4. The van der Waals surface area contributed by atoms with Gasteiger partial charge in [0.15, 0.2) is 0 Å². The normalized spacial score (nSPS) is 12.1. The third-order valence-electron chi connectivity index (χ3n) is 3.41. The van der Waals surface area contributed by atoms with Gasteiger partial charge in [-0.15, -0.1) is 0 Å². The minimum atomic E-state index is -0.722. The van der Waals surface area contributed by atoms with Gasteiger partial charge in [-0.05, 0) is 19.4 Å². The highest BCUT2D eigenvalue weighted by molar-refractivity contribution is 5.76. The minimum Gasteiger partial charge on any atom is -0.396 e. The second-order valence-electron chi connectivity index (χ2n) is 4.97. The van der Waals surface area contributed by atoms with E-state index in [2.05, 4.69) is 10.4 Å². The predicted octanol–water partition coefficient (Wildman–Crippen LogP) is 0.932. The maximum atomic E-state index is 11.9. The molecule has 0 aliphatic rings. The van der Waals surface area contributed by atoms with Crippen LogP contribution >= 0.6 is 0 Å². The zero-order valence-corrected chi connectivity index (χ0v) is 12.2. The third kappa shape index (κ3) is 3.61. The molecule has 4 N–H and O–H groups in total. The number of nitrogen functional groups attached to an aromatic ring is 1. The van der Waals surface area contributed by atoms with Gasteiger partial charge in [0, 0.05) is 6.54 Å². The van der Waals surface area contributed by atoms with E-state index in [1.807, 2.05) is 37.3 Å². The van der Waals surface area contributed by atoms with E-state index >= 15 is 0 Å². The number of carbonyl (C=O) groups is 1. The first-order valence-electron chi connectivity index (χ1n) is 6.78. The fraction of sp³-hybridized carbons (Fsp3) is 0.333. The molecular formula is C15H20N4O2. The van der Waals surface area contributed by atoms with Crippen LogP contribution in [0.4, 0.5) is 5.69 Å². The van der Waals surface area contributed by atoms with Gasteiger partial charge in [-0.25, -0.2) is 0 Å². The topological polar surface area (TPSA) is 93.2 Å². The Bertz CT molecular complexity index is 622. The summed E-state index contributed by atoms with van der Waals surface area (Å²) in [4.78, 5) is 11.9. The lowest BCUT2D eigenvalue weighted by Gasteiger charge is -2.12. The van der Waals surface area contributed by atoms with Crippen molar-refractivity contribution < 1.29 is 9.90 Å². The molecule has 1 heterocycles. The summed E-state index contributed by atoms with van der Waals surface area (Å²) in [6.45, 7) is 3.88. The number of hydrogen-bond donors (Lipinski definition) is 3. The Hall–Kier alpha value is -2.34. The molecule has 1 atom stereocenters. The van der Waals surface area contributed by atoms with Gasteiger partial charge in [-0.3, -0.25) is 9.48 Å². The van der Waals surface area contributed by atoms with E-state index in [0.717, 1.165) is 11.3 Å². The van der Waals surface area contributed by atoms with Gasteiger partial charge in [0.1, 0.15) is 6.54 Å². The molecular weight excluding hydrogens is 268 g/mol. The lowest BCUT2D eigenvalue weighted by molar-refractivity contribution is -0.122. The molecule has 2 rings (SSSR count). The summed E-state index contributed by atoms with van der Waals surface area (Å²) in [6, 6.07) is 9.21. The monoisotopic (exact) mass is 288 g/mol. The zero-order chi connectivity index (χ0) is 15.4. The molecule has 0 aliphatic carbocycles. The van der Waals surface area contributed by atoms with Crippen molar-refractivity contribution in [3.05, 3.63) is 47.3 Å². The van der Waals surface area contributed by atoms with Crippen LogP contribution in [0.1, 0.15) is 23.1 Å². The molecule has 0 radical (unpaired) electrons. The van der Waals surface area contributed by atoms with Crippen molar-refractivity contribution in [2.24, 2.45) is 0 Å². The van der Waals surface area contributed by atoms with Crippen LogP contribution in [0.15, 0.2) is 30.3 Å². The average molecular weight is 288 g/mol. The molecule has 1 amide bonds. The molecule has 6 nitrogen and oxygen atoms in total. The number of aliphatic hydroxyl groups is 1. The Morgan fingerprint density at radius 1 is 1.38 bits per heavy atom. The largest absolute Gasteiger partial charge is 0.396 e. The van der Waals surface area contributed by atoms with E-state index in [4.69, 9.17) is 5.73 Å². The van der Waals surface area contributed by atoms with Crippen LogP contribution < -0.4 is 11.1 Å². The van der Waals surface area contributed by atoms with Crippen molar-refractivity contribution in [3.63, 3.8) is 0 Å². The highest BCUT2D eigenvalue weighted by Gasteiger charge is 2.13. The third-order valence-corrected chi connectivity index (χ3v) is 3.41. The summed E-state index contributed by atoms with van der Waals surface area (Å²) in [7, 11) is 0. The number of rotatable bonds is 5. The molecule has 6 heteroatoms. The Morgan fingerprint density at radius 2 is 2.05 bits per heavy atom. The number of nitrogens with zero attached hydrogens (tertiary/aromatic N) is 2. The van der Waals surface area contributed by atoms with Crippen molar-refractivity contribution in [1.82, 2.24) is 15.1 Å². The number of amides is 1. The molecule has 2 aromatic rings. The van der Waals surface area contributed by atoms with Gasteiger partial charge in [-0.2, -0.15) is 5.10 Å². The first kappa shape index (κ1) is 15.1. The van der Waals surface area contributed by atoms with Crippen LogP contribution in [0.2, 0.25) is 0 Å². The lowest BCUT2D eigenvalue weighted by Crippen LogP contribution is -2.32. The van der Waals surface area contributed by atoms with E-state index in [0.29, 0.717) is 11.4 Å². The Morgan fingerprint density at radius 3 is 2.62 bits per heavy atom. The Kier molecular flexibility index (Phi) is 4.59. The summed E-state index contributed by atoms with van der Waals surface area (Å²) in [5, 5.41) is 16.9. The zero-order valence-electron chi connectivity index (χ0n) is 12.2. The number of carbonyl (C=O) groups excluding carboxylic acids is 1. The molecule has 0 spiro atoms. The number of nitrogens with one attached hydrogen (secondary N) is 1. The van der Waals surface area contributed by atoms with E-state index in [1.165, 1.54) is 0 Å². The van der Waals surface area contributed by atoms with Crippen LogP contribution in [0.25, 0.3) is 0 Å². The smallest absolute Gasteiger partial charge is 0.241 e. The highest BCUT2D eigenvalue weighted by atomic mass is 16.3. The Balaban J connectivity index is 1.89. The van der Waals surface area contributed by atoms with Gasteiger partial charge in [0.25, 0.3) is 0 Å². The molecule has 0 saturated heterocycles. The summed E-state index contributed by atoms with van der Waals surface area (Å²) in [6.07, 6.45) is -0.722. The second kappa shape index (κ2) is 6.41. The average Bonchev–Trinajstić information content (AvgIpc) is 2.73. The number of nitrogens with two attached hydrogens (primary N) is 1. The number of aromatic nitrogens is 2. The van der Waals surface area contributed by atoms with Crippen molar-refractivity contribution in [2.45, 2.75) is 26.5 Å². The highest BCUT2D eigenvalue weighted by Crippen LogP contribution is 2.14. The number of anilines is 1. The molecule has 21 heavy (non-hydrogen) atoms. The summed E-state index contributed by atoms with van der Waals surface area (Å²) in [5.41, 5.74) is 8.68. The fourth-order valence-corrected chi connectivity index (χ4v) is 2.06. The summed E-state index contributed by atoms with van der Waals surface area (Å²) >= 11 is 0. The van der Waals surface area contributed by atoms with E-state index in [-0.39, 0.29) is 19.0 Å². The maximum Gasteiger partial charge on any atom is 0.241 e. The standard InChI is InChI=1S/C15H20N4O2/c1-10-15(16)11(2)19(18-10)9-14(21)17-8-13(20)12-6-4-3-5-7-12/h3-7,13,20H,8-9,16H2,1-2H3,(H,17,21). The summed E-state index contributed by atoms with van der Waals surface area (Å²) < 4.78 is 1.56. The number of benzene rings is 1. The number of aliphatic hydroxyl groups excluding tert-OH is 1. The second-order valence-corrected chi connectivity index (χ2v) is 4.97. The van der Waals surface area contributed by atoms with Crippen LogP contribution in [-0.2, 0) is 11.3 Å². The molecule has 1 unspecified atom stereocenters. The molecule has 112 valence electrons. The lowest BCUT2D eigenvalue weighted by atomic mass is 10.1. The molecule has 0 bridgehead atoms. The van der Waals surface area contributed by atoms with Gasteiger partial charge < -0.3 is 16.2 Å². The van der Waals surface area contributed by atoms with Crippen LogP contribution in [0.5, 0.6) is 0 Å². The maximum absolute atomic E-state index is 11.9. The minimum absolute atomic E-state index is 0.0887. The first-order chi connectivity index (χ1) is 9.99. The van der Waals surface area contributed by atoms with Crippen molar-refractivity contribution >= 4 is 11.6 Å². The van der Waals surface area contributed by atoms with Gasteiger partial charge in [0.2, 0.25) is 5.91 Å². The van der Waals surface area contributed by atoms with E-state index in [1.54, 1.807) is 11.6 Å². The fourth-order valence-electron chi connectivity index (χ4n) is 2.06. The SMILES string of the molecule is Cc1nn(CC(=O)NCC(O)c2ccccc2)c(C)c1N. The van der Waals surface area contributed by atoms with Crippen molar-refractivity contribution in [3.8, 4) is 0 Å². The van der Waals surface area contributed by atoms with E-state index in [9.17, 15) is 9.90 Å². The summed E-state index contributed by atoms with van der Waals surface area (Å²) in [5.74, 6) is -0.212. The quantitative estimate of drug-likeness (QED) is 0.763. The molecule has 1 aromatic heterocycles.